The maximum Gasteiger partial charge on any atom is 0.255 e. The summed E-state index contributed by atoms with van der Waals surface area (Å²) in [6, 6.07) is 11.4. The minimum absolute atomic E-state index is 0.157. The Bertz CT molecular complexity index is 1080. The van der Waals surface area contributed by atoms with Gasteiger partial charge in [-0.15, -0.1) is 0 Å². The number of ether oxygens (including phenoxy) is 1. The summed E-state index contributed by atoms with van der Waals surface area (Å²) in [4.78, 5) is 28.3. The van der Waals surface area contributed by atoms with Crippen LogP contribution in [0.1, 0.15) is 41.4 Å². The van der Waals surface area contributed by atoms with Crippen LogP contribution in [0.4, 0.5) is 11.5 Å². The van der Waals surface area contributed by atoms with Gasteiger partial charge in [-0.1, -0.05) is 19.9 Å². The number of carbonyl (C=O) groups excluding carboxylic acids is 1. The third-order valence-electron chi connectivity index (χ3n) is 5.39. The first-order valence-electron chi connectivity index (χ1n) is 10.5. The van der Waals surface area contributed by atoms with Gasteiger partial charge in [-0.25, -0.2) is 9.97 Å². The molecule has 160 valence electrons. The Morgan fingerprint density at radius 3 is 2.65 bits per heavy atom. The second-order valence-electron chi connectivity index (χ2n) is 7.97. The summed E-state index contributed by atoms with van der Waals surface area (Å²) in [5, 5.41) is 3.00. The van der Waals surface area contributed by atoms with Crippen molar-refractivity contribution in [2.24, 2.45) is 0 Å². The molecule has 1 aliphatic heterocycles. The lowest BCUT2D eigenvalue weighted by Crippen LogP contribution is -2.36. The number of hydrogen-bond donors (Lipinski definition) is 1. The predicted octanol–water partition coefficient (Wildman–Crippen LogP) is 4.06. The summed E-state index contributed by atoms with van der Waals surface area (Å²) in [6.07, 6.45) is 3.27. The van der Waals surface area contributed by atoms with E-state index in [4.69, 9.17) is 4.74 Å². The van der Waals surface area contributed by atoms with Gasteiger partial charge < -0.3 is 15.0 Å². The number of morpholine rings is 1. The Labute approximate surface area is 182 Å². The minimum atomic E-state index is -0.157. The van der Waals surface area contributed by atoms with Crippen molar-refractivity contribution in [3.05, 3.63) is 65.7 Å². The number of carbonyl (C=O) groups is 1. The summed E-state index contributed by atoms with van der Waals surface area (Å²) in [5.41, 5.74) is 5.09. The van der Waals surface area contributed by atoms with Gasteiger partial charge in [0.2, 0.25) is 0 Å². The number of hydrogen-bond acceptors (Lipinski definition) is 6. The summed E-state index contributed by atoms with van der Waals surface area (Å²) in [5.74, 6) is 0.994. The van der Waals surface area contributed by atoms with Gasteiger partial charge in [0.25, 0.3) is 5.91 Å². The Morgan fingerprint density at radius 1 is 1.06 bits per heavy atom. The monoisotopic (exact) mass is 417 g/mol. The van der Waals surface area contributed by atoms with Gasteiger partial charge in [0.05, 0.1) is 18.9 Å². The lowest BCUT2D eigenvalue weighted by molar-refractivity contribution is 0.102. The van der Waals surface area contributed by atoms with E-state index >= 15 is 0 Å². The van der Waals surface area contributed by atoms with Gasteiger partial charge in [0, 0.05) is 47.9 Å². The molecule has 4 rings (SSSR count). The topological polar surface area (TPSA) is 80.2 Å². The summed E-state index contributed by atoms with van der Waals surface area (Å²) >= 11 is 0. The van der Waals surface area contributed by atoms with E-state index in [1.54, 1.807) is 18.6 Å². The quantitative estimate of drug-likeness (QED) is 0.674. The van der Waals surface area contributed by atoms with Crippen LogP contribution in [0.15, 0.2) is 48.9 Å². The van der Waals surface area contributed by atoms with Crippen molar-refractivity contribution in [2.45, 2.75) is 26.7 Å². The first-order chi connectivity index (χ1) is 15.0. The molecular formula is C24H27N5O2. The zero-order valence-corrected chi connectivity index (χ0v) is 18.1. The Hall–Kier alpha value is -3.32. The Morgan fingerprint density at radius 2 is 1.87 bits per heavy atom. The van der Waals surface area contributed by atoms with Gasteiger partial charge in [0.1, 0.15) is 12.1 Å². The molecule has 0 unspecified atom stereocenters. The zero-order valence-electron chi connectivity index (χ0n) is 18.1. The highest BCUT2D eigenvalue weighted by molar-refractivity contribution is 6.04. The molecule has 3 heterocycles. The SMILES string of the molecule is Cc1ccc(NC(=O)c2ccnc(C(C)C)c2)cc1-c1cc(N2CCOCC2)ncn1. The number of benzene rings is 1. The van der Waals surface area contributed by atoms with E-state index in [1.807, 2.05) is 37.3 Å². The molecule has 0 radical (unpaired) electrons. The standard InChI is InChI=1S/C24H27N5O2/c1-16(2)21-12-18(6-7-25-21)24(30)28-19-5-4-17(3)20(13-19)22-14-23(27-15-26-22)29-8-10-31-11-9-29/h4-7,12-16H,8-11H2,1-3H3,(H,28,30). The lowest BCUT2D eigenvalue weighted by atomic mass is 10.0. The molecule has 1 aliphatic rings. The lowest BCUT2D eigenvalue weighted by Gasteiger charge is -2.27. The van der Waals surface area contributed by atoms with Crippen LogP contribution in [0.5, 0.6) is 0 Å². The van der Waals surface area contributed by atoms with E-state index in [1.165, 1.54) is 0 Å². The van der Waals surface area contributed by atoms with Gasteiger partial charge in [-0.3, -0.25) is 9.78 Å². The maximum atomic E-state index is 12.8. The highest BCUT2D eigenvalue weighted by Crippen LogP contribution is 2.27. The fraction of sp³-hybridized carbons (Fsp3) is 0.333. The molecular weight excluding hydrogens is 390 g/mol. The molecule has 0 aliphatic carbocycles. The fourth-order valence-corrected chi connectivity index (χ4v) is 3.54. The van der Waals surface area contributed by atoms with Crippen LogP contribution in [-0.4, -0.2) is 47.2 Å². The van der Waals surface area contributed by atoms with E-state index in [9.17, 15) is 4.79 Å². The highest BCUT2D eigenvalue weighted by atomic mass is 16.5. The molecule has 2 aromatic heterocycles. The molecule has 0 atom stereocenters. The molecule has 7 heteroatoms. The number of rotatable bonds is 5. The summed E-state index contributed by atoms with van der Waals surface area (Å²) in [7, 11) is 0. The molecule has 0 spiro atoms. The van der Waals surface area contributed by atoms with E-state index in [-0.39, 0.29) is 11.8 Å². The number of aromatic nitrogens is 3. The first-order valence-corrected chi connectivity index (χ1v) is 10.5. The van der Waals surface area contributed by atoms with E-state index in [0.29, 0.717) is 18.8 Å². The van der Waals surface area contributed by atoms with Crippen LogP contribution in [0.2, 0.25) is 0 Å². The van der Waals surface area contributed by atoms with Crippen molar-refractivity contribution in [2.75, 3.05) is 36.5 Å². The molecule has 1 amide bonds. The third-order valence-corrected chi connectivity index (χ3v) is 5.39. The number of aryl methyl sites for hydroxylation is 1. The van der Waals surface area contributed by atoms with Crippen LogP contribution >= 0.6 is 0 Å². The number of anilines is 2. The predicted molar refractivity (Wildman–Crippen MR) is 122 cm³/mol. The molecule has 3 aromatic rings. The van der Waals surface area contributed by atoms with Gasteiger partial charge in [-0.05, 0) is 42.7 Å². The van der Waals surface area contributed by atoms with Crippen molar-refractivity contribution in [3.63, 3.8) is 0 Å². The smallest absolute Gasteiger partial charge is 0.255 e. The van der Waals surface area contributed by atoms with Gasteiger partial charge in [-0.2, -0.15) is 0 Å². The van der Waals surface area contributed by atoms with Crippen LogP contribution in [-0.2, 0) is 4.74 Å². The molecule has 1 N–H and O–H groups in total. The van der Waals surface area contributed by atoms with E-state index in [0.717, 1.165) is 47.1 Å². The average molecular weight is 418 g/mol. The molecule has 1 fully saturated rings. The number of pyridine rings is 1. The van der Waals surface area contributed by atoms with Gasteiger partial charge in [0.15, 0.2) is 0 Å². The number of nitrogens with zero attached hydrogens (tertiary/aromatic N) is 4. The summed E-state index contributed by atoms with van der Waals surface area (Å²) < 4.78 is 5.44. The largest absolute Gasteiger partial charge is 0.378 e. The molecule has 1 aromatic carbocycles. The van der Waals surface area contributed by atoms with Crippen LogP contribution in [0.3, 0.4) is 0 Å². The second kappa shape index (κ2) is 9.22. The first kappa shape index (κ1) is 20.9. The van der Waals surface area contributed by atoms with Gasteiger partial charge >= 0.3 is 0 Å². The molecule has 0 saturated carbocycles. The van der Waals surface area contributed by atoms with Crippen molar-refractivity contribution >= 4 is 17.4 Å². The Balaban J connectivity index is 1.58. The van der Waals surface area contributed by atoms with Crippen molar-refractivity contribution in [1.29, 1.82) is 0 Å². The molecule has 31 heavy (non-hydrogen) atoms. The van der Waals surface area contributed by atoms with E-state index < -0.39 is 0 Å². The number of amides is 1. The summed E-state index contributed by atoms with van der Waals surface area (Å²) in [6.45, 7) is 9.19. The van der Waals surface area contributed by atoms with Crippen molar-refractivity contribution < 1.29 is 9.53 Å². The molecule has 7 nitrogen and oxygen atoms in total. The Kier molecular flexibility index (Phi) is 6.23. The average Bonchev–Trinajstić information content (AvgIpc) is 2.81. The van der Waals surface area contributed by atoms with E-state index in [2.05, 4.69) is 39.0 Å². The maximum absolute atomic E-state index is 12.8. The zero-order chi connectivity index (χ0) is 21.8. The van der Waals surface area contributed by atoms with Crippen molar-refractivity contribution in [3.8, 4) is 11.3 Å². The normalized spacial score (nSPS) is 14.0. The number of nitrogens with one attached hydrogen (secondary N) is 1. The second-order valence-corrected chi connectivity index (χ2v) is 7.97. The fourth-order valence-electron chi connectivity index (χ4n) is 3.54. The minimum Gasteiger partial charge on any atom is -0.378 e. The third kappa shape index (κ3) is 4.88. The van der Waals surface area contributed by atoms with Crippen LogP contribution in [0, 0.1) is 6.92 Å². The van der Waals surface area contributed by atoms with Crippen molar-refractivity contribution in [1.82, 2.24) is 15.0 Å². The van der Waals surface area contributed by atoms with Crippen LogP contribution < -0.4 is 10.2 Å². The molecule has 1 saturated heterocycles. The molecule has 0 bridgehead atoms. The highest BCUT2D eigenvalue weighted by Gasteiger charge is 2.15. The van der Waals surface area contributed by atoms with Crippen LogP contribution in [0.25, 0.3) is 11.3 Å².